The number of nitrogens with one attached hydrogen (secondary N) is 2. The smallest absolute Gasteiger partial charge is 0.460 e. The monoisotopic (exact) mass is 1180 g/mol. The van der Waals surface area contributed by atoms with Gasteiger partial charge in [0.15, 0.2) is 0 Å². The van der Waals surface area contributed by atoms with Crippen molar-refractivity contribution in [2.24, 2.45) is 0 Å². The molecular formula is C46H30F26N2O5. The maximum atomic E-state index is 15.6. The average molecular weight is 1180 g/mol. The van der Waals surface area contributed by atoms with Crippen molar-refractivity contribution >= 4 is 18.0 Å². The lowest BCUT2D eigenvalue weighted by Gasteiger charge is -2.40. The van der Waals surface area contributed by atoms with Crippen molar-refractivity contribution in [3.63, 3.8) is 0 Å². The summed E-state index contributed by atoms with van der Waals surface area (Å²) in [4.78, 5) is 39.9. The Bertz CT molecular complexity index is 2750. The van der Waals surface area contributed by atoms with Crippen LogP contribution in [0.3, 0.4) is 0 Å². The number of hydrogen-bond donors (Lipinski definition) is 2. The van der Waals surface area contributed by atoms with Gasteiger partial charge in [0.2, 0.25) is 5.91 Å². The molecule has 2 N–H and O–H groups in total. The van der Waals surface area contributed by atoms with Gasteiger partial charge in [-0.3, -0.25) is 4.79 Å². The van der Waals surface area contributed by atoms with Crippen LogP contribution in [0.1, 0.15) is 39.3 Å². The molecule has 5 rings (SSSR count). The van der Waals surface area contributed by atoms with Gasteiger partial charge in [0.05, 0.1) is 7.11 Å². The molecule has 0 heterocycles. The Morgan fingerprint density at radius 1 is 0.443 bits per heavy atom. The van der Waals surface area contributed by atoms with Gasteiger partial charge in [0.1, 0.15) is 18.7 Å². The van der Waals surface area contributed by atoms with Crippen molar-refractivity contribution < 1.29 is 138 Å². The second-order valence-electron chi connectivity index (χ2n) is 17.2. The molecule has 0 saturated heterocycles. The van der Waals surface area contributed by atoms with Gasteiger partial charge in [0, 0.05) is 29.9 Å². The van der Waals surface area contributed by atoms with Crippen LogP contribution in [0.2, 0.25) is 0 Å². The third kappa shape index (κ3) is 10.5. The molecule has 0 radical (unpaired) electrons. The van der Waals surface area contributed by atoms with Crippen LogP contribution in [0.15, 0.2) is 97.1 Å². The van der Waals surface area contributed by atoms with Gasteiger partial charge >= 0.3 is 83.6 Å². The molecule has 2 amide bonds. The fourth-order valence-corrected chi connectivity index (χ4v) is 7.69. The van der Waals surface area contributed by atoms with Crippen LogP contribution in [0.25, 0.3) is 11.1 Å². The summed E-state index contributed by atoms with van der Waals surface area (Å²) in [6, 6.07) is 8.88. The lowest BCUT2D eigenvalue weighted by molar-refractivity contribution is -0.441. The van der Waals surface area contributed by atoms with E-state index in [1.165, 1.54) is 54.6 Å². The Balaban J connectivity index is 1.63. The quantitative estimate of drug-likeness (QED) is 0.0679. The molecule has 0 unspecified atom stereocenters. The Morgan fingerprint density at radius 2 is 0.785 bits per heavy atom. The van der Waals surface area contributed by atoms with E-state index in [-0.39, 0.29) is 24.1 Å². The number of carbonyl (C=O) groups excluding carboxylic acids is 3. The molecule has 0 bridgehead atoms. The predicted molar refractivity (Wildman–Crippen MR) is 216 cm³/mol. The lowest BCUT2D eigenvalue weighted by Crippen LogP contribution is -2.69. The van der Waals surface area contributed by atoms with E-state index in [0.717, 1.165) is 7.11 Å². The second kappa shape index (κ2) is 20.7. The molecule has 0 fully saturated rings. The number of hydrogen-bond acceptors (Lipinski definition) is 5. The molecule has 436 valence electrons. The van der Waals surface area contributed by atoms with Gasteiger partial charge in [0.25, 0.3) is 0 Å². The highest BCUT2D eigenvalue weighted by atomic mass is 19.4. The predicted octanol–water partition coefficient (Wildman–Crippen LogP) is 13.4. The van der Waals surface area contributed by atoms with Crippen molar-refractivity contribution in [2.45, 2.75) is 102 Å². The van der Waals surface area contributed by atoms with E-state index in [4.69, 9.17) is 9.47 Å². The standard InChI is InChI=1S/C46H30F26N2O5/c1-78-33(76)31(17-22-10-6-3-7-11-22)73-32(75)30(16-21-8-4-2-5-9-21)74-34(77)79-20-29-27-18-23(35(47,48)37(51,52)39(55,56)41(59,60)43(63,64)45(67,68)69)12-14-25(27)26-15-13-24(19-28(26)29)36(49,50)38(53,54)40(57,58)42(61,62)44(65,66)46(70,71)72/h2-15,18-19,29-31H,16-17,20H2,1H3,(H,73,75)(H,74,77)/t30-,31-/m0/s1. The minimum atomic E-state index is -8.44. The zero-order chi connectivity index (χ0) is 60.3. The van der Waals surface area contributed by atoms with Crippen molar-refractivity contribution in [1.82, 2.24) is 10.6 Å². The highest BCUT2D eigenvalue weighted by molar-refractivity contribution is 5.90. The molecule has 4 aromatic rings. The van der Waals surface area contributed by atoms with E-state index in [9.17, 15) is 93.4 Å². The summed E-state index contributed by atoms with van der Waals surface area (Å²) in [5.74, 6) is -85.4. The largest absolute Gasteiger partial charge is 0.467 e. The molecule has 0 spiro atoms. The van der Waals surface area contributed by atoms with Crippen molar-refractivity contribution in [3.8, 4) is 11.1 Å². The first kappa shape index (κ1) is 63.1. The number of halogens is 26. The number of alkyl carbamates (subject to hydrolysis) is 1. The minimum absolute atomic E-state index is 0.0120. The van der Waals surface area contributed by atoms with Crippen LogP contribution in [-0.2, 0) is 43.7 Å². The number of fused-ring (bicyclic) bond motifs is 3. The Labute approximate surface area is 424 Å². The van der Waals surface area contributed by atoms with Crippen molar-refractivity contribution in [2.75, 3.05) is 13.7 Å². The van der Waals surface area contributed by atoms with Gasteiger partial charge in [-0.05, 0) is 45.5 Å². The zero-order valence-corrected chi connectivity index (χ0v) is 38.5. The van der Waals surface area contributed by atoms with Crippen LogP contribution in [0, 0.1) is 0 Å². The summed E-state index contributed by atoms with van der Waals surface area (Å²) >= 11 is 0. The molecule has 7 nitrogen and oxygen atoms in total. The van der Waals surface area contributed by atoms with E-state index in [0.29, 0.717) is 5.56 Å². The molecular weight excluding hydrogens is 1150 g/mol. The average Bonchev–Trinajstić information content (AvgIpc) is 3.84. The van der Waals surface area contributed by atoms with Gasteiger partial charge in [-0.2, -0.15) is 114 Å². The summed E-state index contributed by atoms with van der Waals surface area (Å²) in [6.07, 6.45) is -18.5. The fourth-order valence-electron chi connectivity index (χ4n) is 7.69. The van der Waals surface area contributed by atoms with Crippen LogP contribution >= 0.6 is 0 Å². The molecule has 0 aliphatic heterocycles. The zero-order valence-electron chi connectivity index (χ0n) is 38.5. The Kier molecular flexibility index (Phi) is 16.6. The normalized spacial score (nSPS) is 15.4. The number of rotatable bonds is 20. The van der Waals surface area contributed by atoms with E-state index >= 15 is 35.1 Å². The van der Waals surface area contributed by atoms with E-state index < -0.39 is 178 Å². The van der Waals surface area contributed by atoms with Gasteiger partial charge in [-0.15, -0.1) is 0 Å². The van der Waals surface area contributed by atoms with Crippen LogP contribution in [0.4, 0.5) is 119 Å². The van der Waals surface area contributed by atoms with Crippen LogP contribution < -0.4 is 10.6 Å². The van der Waals surface area contributed by atoms with Crippen LogP contribution in [-0.4, -0.2) is 104 Å². The van der Waals surface area contributed by atoms with Gasteiger partial charge in [-0.25, -0.2) is 9.59 Å². The summed E-state index contributed by atoms with van der Waals surface area (Å²) in [7, 11) is 0.898. The number of methoxy groups -OCH3 is 1. The molecule has 79 heavy (non-hydrogen) atoms. The first-order valence-electron chi connectivity index (χ1n) is 21.3. The molecule has 0 aromatic heterocycles. The van der Waals surface area contributed by atoms with E-state index in [1.807, 2.05) is 5.32 Å². The Morgan fingerprint density at radius 3 is 1.13 bits per heavy atom. The first-order valence-corrected chi connectivity index (χ1v) is 21.3. The highest BCUT2D eigenvalue weighted by Gasteiger charge is 2.92. The maximum absolute atomic E-state index is 15.6. The van der Waals surface area contributed by atoms with E-state index in [2.05, 4.69) is 5.32 Å². The topological polar surface area (TPSA) is 93.7 Å². The number of ether oxygens (including phenoxy) is 2. The SMILES string of the molecule is COC(=O)[C@H](Cc1ccccc1)NC(=O)[C@H](Cc1ccccc1)NC(=O)OCC1c2cc(C(F)(F)C(F)(F)C(F)(F)C(F)(F)C(F)(F)C(F)(F)F)ccc2-c2ccc(C(F)(F)C(F)(F)C(F)(F)C(F)(F)C(F)(F)C(F)(F)F)cc21. The third-order valence-corrected chi connectivity index (χ3v) is 12.1. The number of carbonyl (C=O) groups is 3. The molecule has 4 aromatic carbocycles. The van der Waals surface area contributed by atoms with E-state index in [1.54, 1.807) is 6.07 Å². The fraction of sp³-hybridized carbons (Fsp3) is 0.413. The first-order chi connectivity index (χ1) is 35.7. The Hall–Kier alpha value is -6.73. The minimum Gasteiger partial charge on any atom is -0.467 e. The number of esters is 1. The van der Waals surface area contributed by atoms with Crippen LogP contribution in [0.5, 0.6) is 0 Å². The lowest BCUT2D eigenvalue weighted by atomic mass is 9.87. The number of alkyl halides is 26. The number of benzene rings is 4. The molecule has 2 atom stereocenters. The maximum Gasteiger partial charge on any atom is 0.460 e. The summed E-state index contributed by atoms with van der Waals surface area (Å²) in [5, 5.41) is 4.18. The summed E-state index contributed by atoms with van der Waals surface area (Å²) in [5.41, 5.74) is -9.70. The summed E-state index contributed by atoms with van der Waals surface area (Å²) < 4.78 is 378. The molecule has 1 aliphatic rings. The third-order valence-electron chi connectivity index (χ3n) is 12.1. The highest BCUT2D eigenvalue weighted by Crippen LogP contribution is 2.65. The molecule has 0 saturated carbocycles. The van der Waals surface area contributed by atoms with Gasteiger partial charge < -0.3 is 20.1 Å². The van der Waals surface area contributed by atoms with Gasteiger partial charge in [-0.1, -0.05) is 84.9 Å². The van der Waals surface area contributed by atoms with Crippen molar-refractivity contribution in [1.29, 1.82) is 0 Å². The molecule has 33 heteroatoms. The second-order valence-corrected chi connectivity index (χ2v) is 17.2. The summed E-state index contributed by atoms with van der Waals surface area (Å²) in [6.45, 7) is -1.81. The number of amides is 2. The molecule has 1 aliphatic carbocycles. The van der Waals surface area contributed by atoms with Crippen molar-refractivity contribution in [3.05, 3.63) is 130 Å².